The Labute approximate surface area is 167 Å². The molecular formula is C23H32N4O. The van der Waals surface area contributed by atoms with Gasteiger partial charge in [-0.3, -0.25) is 9.78 Å². The fourth-order valence-electron chi connectivity index (χ4n) is 3.66. The van der Waals surface area contributed by atoms with Gasteiger partial charge in [-0.25, -0.2) is 0 Å². The summed E-state index contributed by atoms with van der Waals surface area (Å²) in [7, 11) is 0. The van der Waals surface area contributed by atoms with Crippen LogP contribution >= 0.6 is 0 Å². The normalized spacial score (nSPS) is 13.8. The van der Waals surface area contributed by atoms with Gasteiger partial charge in [0.1, 0.15) is 0 Å². The molecule has 0 spiro atoms. The molecule has 0 saturated heterocycles. The molecule has 1 amide bonds. The number of rotatable bonds is 8. The van der Waals surface area contributed by atoms with E-state index < -0.39 is 0 Å². The smallest absolute Gasteiger partial charge is 0.224 e. The summed E-state index contributed by atoms with van der Waals surface area (Å²) < 4.78 is 0. The molecule has 2 aromatic rings. The summed E-state index contributed by atoms with van der Waals surface area (Å²) in [4.78, 5) is 17.4. The number of aryl methyl sites for hydroxylation is 1. The van der Waals surface area contributed by atoms with Gasteiger partial charge in [0.25, 0.3) is 0 Å². The number of carbonyl (C=O) groups is 1. The standard InChI is InChI=1S/C23H32N4O/c1-14(2)10-21-20(13-25)23(17-6-4-16(12-24)5-7-17)19(15(3)26-21)11-22(28)27-18-8-9-18/h4-7,14,18H,8-13,24-25H2,1-3H3,(H,27,28). The van der Waals surface area contributed by atoms with Crippen LogP contribution in [0.25, 0.3) is 11.1 Å². The maximum atomic E-state index is 12.6. The van der Waals surface area contributed by atoms with E-state index in [1.54, 1.807) is 0 Å². The highest BCUT2D eigenvalue weighted by atomic mass is 16.1. The molecule has 28 heavy (non-hydrogen) atoms. The fourth-order valence-corrected chi connectivity index (χ4v) is 3.66. The fraction of sp³-hybridized carbons (Fsp3) is 0.478. The summed E-state index contributed by atoms with van der Waals surface area (Å²) in [5, 5.41) is 3.10. The van der Waals surface area contributed by atoms with Crippen LogP contribution in [0.15, 0.2) is 24.3 Å². The molecule has 1 heterocycles. The molecule has 5 nitrogen and oxygen atoms in total. The number of amides is 1. The minimum atomic E-state index is 0.0619. The number of benzene rings is 1. The van der Waals surface area contributed by atoms with E-state index in [1.165, 1.54) is 0 Å². The number of nitrogens with two attached hydrogens (primary N) is 2. The maximum absolute atomic E-state index is 12.6. The first kappa shape index (κ1) is 20.5. The van der Waals surface area contributed by atoms with E-state index >= 15 is 0 Å². The van der Waals surface area contributed by atoms with Crippen LogP contribution in [0.1, 0.15) is 54.8 Å². The second-order valence-corrected chi connectivity index (χ2v) is 8.20. The van der Waals surface area contributed by atoms with E-state index in [9.17, 15) is 4.79 Å². The van der Waals surface area contributed by atoms with Crippen LogP contribution in [-0.2, 0) is 30.7 Å². The highest BCUT2D eigenvalue weighted by molar-refractivity contribution is 5.84. The van der Waals surface area contributed by atoms with Crippen molar-refractivity contribution in [2.24, 2.45) is 17.4 Å². The average molecular weight is 381 g/mol. The van der Waals surface area contributed by atoms with Crippen molar-refractivity contribution >= 4 is 5.91 Å². The average Bonchev–Trinajstić information content (AvgIpc) is 3.47. The minimum absolute atomic E-state index is 0.0619. The van der Waals surface area contributed by atoms with Crippen molar-refractivity contribution in [3.05, 3.63) is 52.3 Å². The Morgan fingerprint density at radius 3 is 2.36 bits per heavy atom. The summed E-state index contributed by atoms with van der Waals surface area (Å²) in [6, 6.07) is 8.60. The molecular weight excluding hydrogens is 348 g/mol. The van der Waals surface area contributed by atoms with Gasteiger partial charge in [0.2, 0.25) is 5.91 Å². The third kappa shape index (κ3) is 4.78. The Kier molecular flexibility index (Phi) is 6.47. The molecule has 0 aliphatic heterocycles. The van der Waals surface area contributed by atoms with Crippen LogP contribution in [0.5, 0.6) is 0 Å². The van der Waals surface area contributed by atoms with E-state index in [-0.39, 0.29) is 5.91 Å². The molecule has 1 aliphatic rings. The Balaban J connectivity index is 2.10. The van der Waals surface area contributed by atoms with Gasteiger partial charge in [-0.15, -0.1) is 0 Å². The molecule has 3 rings (SSSR count). The molecule has 5 heteroatoms. The van der Waals surface area contributed by atoms with Gasteiger partial charge in [-0.2, -0.15) is 0 Å². The highest BCUT2D eigenvalue weighted by Gasteiger charge is 2.25. The van der Waals surface area contributed by atoms with Crippen molar-refractivity contribution < 1.29 is 4.79 Å². The summed E-state index contributed by atoms with van der Waals surface area (Å²) in [5.41, 5.74) is 19.2. The number of pyridine rings is 1. The number of nitrogens with zero attached hydrogens (tertiary/aromatic N) is 1. The third-order valence-corrected chi connectivity index (χ3v) is 5.26. The number of aromatic nitrogens is 1. The lowest BCUT2D eigenvalue weighted by molar-refractivity contribution is -0.120. The minimum Gasteiger partial charge on any atom is -0.353 e. The zero-order valence-electron chi connectivity index (χ0n) is 17.2. The van der Waals surface area contributed by atoms with E-state index in [2.05, 4.69) is 31.3 Å². The van der Waals surface area contributed by atoms with Gasteiger partial charge in [-0.05, 0) is 59.9 Å². The summed E-state index contributed by atoms with van der Waals surface area (Å²) >= 11 is 0. The first-order chi connectivity index (χ1) is 13.4. The van der Waals surface area contributed by atoms with Crippen LogP contribution in [0.2, 0.25) is 0 Å². The second kappa shape index (κ2) is 8.84. The van der Waals surface area contributed by atoms with Crippen molar-refractivity contribution in [3.8, 4) is 11.1 Å². The van der Waals surface area contributed by atoms with Crippen LogP contribution in [-0.4, -0.2) is 16.9 Å². The zero-order valence-corrected chi connectivity index (χ0v) is 17.2. The van der Waals surface area contributed by atoms with E-state index in [1.807, 2.05) is 19.1 Å². The molecule has 1 aliphatic carbocycles. The Morgan fingerprint density at radius 2 is 1.82 bits per heavy atom. The predicted molar refractivity (Wildman–Crippen MR) is 114 cm³/mol. The Hall–Kier alpha value is -2.24. The number of nitrogens with one attached hydrogen (secondary N) is 1. The molecule has 1 fully saturated rings. The van der Waals surface area contributed by atoms with Crippen LogP contribution in [0.4, 0.5) is 0 Å². The van der Waals surface area contributed by atoms with Crippen molar-refractivity contribution in [2.45, 2.75) is 65.6 Å². The van der Waals surface area contributed by atoms with Crippen molar-refractivity contribution in [3.63, 3.8) is 0 Å². The van der Waals surface area contributed by atoms with Gasteiger partial charge >= 0.3 is 0 Å². The van der Waals surface area contributed by atoms with Gasteiger partial charge in [0.05, 0.1) is 6.42 Å². The van der Waals surface area contributed by atoms with Gasteiger partial charge < -0.3 is 16.8 Å². The molecule has 0 radical (unpaired) electrons. The number of hydrogen-bond donors (Lipinski definition) is 3. The maximum Gasteiger partial charge on any atom is 0.224 e. The monoisotopic (exact) mass is 380 g/mol. The molecule has 1 aromatic carbocycles. The summed E-state index contributed by atoms with van der Waals surface area (Å²) in [6.07, 6.45) is 3.36. The summed E-state index contributed by atoms with van der Waals surface area (Å²) in [6.45, 7) is 7.28. The lowest BCUT2D eigenvalue weighted by atomic mass is 9.88. The van der Waals surface area contributed by atoms with Crippen LogP contribution in [0, 0.1) is 12.8 Å². The second-order valence-electron chi connectivity index (χ2n) is 8.20. The molecule has 5 N–H and O–H groups in total. The largest absolute Gasteiger partial charge is 0.353 e. The van der Waals surface area contributed by atoms with Crippen LogP contribution in [0.3, 0.4) is 0 Å². The first-order valence-electron chi connectivity index (χ1n) is 10.2. The topological polar surface area (TPSA) is 94.0 Å². The highest BCUT2D eigenvalue weighted by Crippen LogP contribution is 2.33. The van der Waals surface area contributed by atoms with Crippen molar-refractivity contribution in [2.75, 3.05) is 0 Å². The Morgan fingerprint density at radius 1 is 1.14 bits per heavy atom. The summed E-state index contributed by atoms with van der Waals surface area (Å²) in [5.74, 6) is 0.542. The van der Waals surface area contributed by atoms with E-state index in [0.717, 1.165) is 58.5 Å². The van der Waals surface area contributed by atoms with Crippen LogP contribution < -0.4 is 16.8 Å². The first-order valence-corrected chi connectivity index (χ1v) is 10.2. The molecule has 0 bridgehead atoms. The molecule has 0 atom stereocenters. The van der Waals surface area contributed by atoms with Gasteiger partial charge in [0.15, 0.2) is 0 Å². The molecule has 150 valence electrons. The van der Waals surface area contributed by atoms with Crippen molar-refractivity contribution in [1.29, 1.82) is 0 Å². The van der Waals surface area contributed by atoms with Gasteiger partial charge in [0, 0.05) is 30.5 Å². The number of carbonyl (C=O) groups excluding carboxylic acids is 1. The lowest BCUT2D eigenvalue weighted by Crippen LogP contribution is -2.28. The molecule has 1 saturated carbocycles. The molecule has 1 aromatic heterocycles. The molecule has 0 unspecified atom stereocenters. The van der Waals surface area contributed by atoms with E-state index in [4.69, 9.17) is 16.5 Å². The third-order valence-electron chi connectivity index (χ3n) is 5.26. The SMILES string of the molecule is Cc1nc(CC(C)C)c(CN)c(-c2ccc(CN)cc2)c1CC(=O)NC1CC1. The van der Waals surface area contributed by atoms with Gasteiger partial charge in [-0.1, -0.05) is 38.1 Å². The number of hydrogen-bond acceptors (Lipinski definition) is 4. The quantitative estimate of drug-likeness (QED) is 0.656. The van der Waals surface area contributed by atoms with E-state index in [0.29, 0.717) is 31.5 Å². The lowest BCUT2D eigenvalue weighted by Gasteiger charge is -2.21. The zero-order chi connectivity index (χ0) is 20.3. The van der Waals surface area contributed by atoms with Crippen molar-refractivity contribution in [1.82, 2.24) is 10.3 Å². The predicted octanol–water partition coefficient (Wildman–Crippen LogP) is 2.99. The Bertz CT molecular complexity index is 839.